The molecule has 0 fully saturated rings. The molecule has 0 spiro atoms. The number of methoxy groups -OCH3 is 1. The van der Waals surface area contributed by atoms with Gasteiger partial charge in [0.25, 0.3) is 0 Å². The number of hydrogen-bond donors (Lipinski definition) is 1. The Morgan fingerprint density at radius 3 is 3.04 bits per heavy atom. The first kappa shape index (κ1) is 16.2. The molecule has 4 nitrogen and oxygen atoms in total. The highest BCUT2D eigenvalue weighted by molar-refractivity contribution is 5.76. The van der Waals surface area contributed by atoms with E-state index in [1.54, 1.807) is 19.4 Å². The molecular weight excluding hydrogens is 298 g/mol. The second-order valence-electron chi connectivity index (χ2n) is 5.86. The number of nitrogens with one attached hydrogen (secondary N) is 1. The normalized spacial score (nSPS) is 14.7. The number of aryl methyl sites for hydroxylation is 1. The van der Waals surface area contributed by atoms with Crippen LogP contribution in [-0.2, 0) is 11.2 Å². The number of aromatic nitrogens is 3. The van der Waals surface area contributed by atoms with Gasteiger partial charge in [0.05, 0.1) is 12.6 Å². The first-order chi connectivity index (χ1) is 11.8. The number of H-pyrrole nitrogens is 1. The zero-order valence-electron chi connectivity index (χ0n) is 14.1. The van der Waals surface area contributed by atoms with Crippen LogP contribution in [0, 0.1) is 0 Å². The van der Waals surface area contributed by atoms with Crippen molar-refractivity contribution < 1.29 is 4.74 Å². The molecule has 0 aliphatic heterocycles. The zero-order valence-corrected chi connectivity index (χ0v) is 14.1. The fourth-order valence-electron chi connectivity index (χ4n) is 2.91. The van der Waals surface area contributed by atoms with Crippen LogP contribution in [0.3, 0.4) is 0 Å². The Bertz CT molecular complexity index is 811. The quantitative estimate of drug-likeness (QED) is 0.592. The van der Waals surface area contributed by atoms with Gasteiger partial charge in [0.2, 0.25) is 0 Å². The number of imidazole rings is 1. The van der Waals surface area contributed by atoms with Gasteiger partial charge in [-0.25, -0.2) is 9.97 Å². The van der Waals surface area contributed by atoms with E-state index in [0.29, 0.717) is 0 Å². The van der Waals surface area contributed by atoms with E-state index >= 15 is 0 Å². The second kappa shape index (κ2) is 7.77. The number of fused-ring (bicyclic) bond motifs is 1. The standard InChI is InChI=1S/C20H23N3O/c1-3-8-18(24-2)16-13-17-20(21-14-16)23-19(22-17)12-7-11-15-9-5-4-6-10-15/h3,5,8-10,13-14H,1,4,6-7,11-12H2,2H3,(H,21,22,23)/b18-8-. The predicted molar refractivity (Wildman–Crippen MR) is 98.5 cm³/mol. The number of rotatable bonds is 7. The lowest BCUT2D eigenvalue weighted by molar-refractivity contribution is 0.370. The van der Waals surface area contributed by atoms with Gasteiger partial charge in [-0.1, -0.05) is 36.5 Å². The van der Waals surface area contributed by atoms with E-state index in [4.69, 9.17) is 4.74 Å². The van der Waals surface area contributed by atoms with Gasteiger partial charge in [0.15, 0.2) is 5.65 Å². The Morgan fingerprint density at radius 1 is 1.38 bits per heavy atom. The van der Waals surface area contributed by atoms with Crippen molar-refractivity contribution in [3.63, 3.8) is 0 Å². The van der Waals surface area contributed by atoms with Crippen molar-refractivity contribution in [1.82, 2.24) is 15.0 Å². The molecule has 4 heteroatoms. The minimum absolute atomic E-state index is 0.742. The summed E-state index contributed by atoms with van der Waals surface area (Å²) < 4.78 is 5.37. The van der Waals surface area contributed by atoms with Crippen LogP contribution < -0.4 is 0 Å². The van der Waals surface area contributed by atoms with Crippen molar-refractivity contribution in [1.29, 1.82) is 0 Å². The van der Waals surface area contributed by atoms with Crippen molar-refractivity contribution in [2.24, 2.45) is 0 Å². The van der Waals surface area contributed by atoms with Crippen LogP contribution in [-0.4, -0.2) is 22.1 Å². The van der Waals surface area contributed by atoms with Crippen LogP contribution >= 0.6 is 0 Å². The van der Waals surface area contributed by atoms with Crippen LogP contribution in [0.4, 0.5) is 0 Å². The summed E-state index contributed by atoms with van der Waals surface area (Å²) in [6.45, 7) is 3.71. The molecule has 1 aliphatic rings. The fraction of sp³-hybridized carbons (Fsp3) is 0.300. The summed E-state index contributed by atoms with van der Waals surface area (Å²) in [7, 11) is 1.65. The maximum Gasteiger partial charge on any atom is 0.177 e. The molecular formula is C20H23N3O. The van der Waals surface area contributed by atoms with Gasteiger partial charge in [-0.05, 0) is 37.8 Å². The van der Waals surface area contributed by atoms with Crippen LogP contribution in [0.5, 0.6) is 0 Å². The predicted octanol–water partition coefficient (Wildman–Crippen LogP) is 4.73. The SMILES string of the molecule is C=C/C=C(\OC)c1cnc2nc(CCCC3=CCCC=C3)[nH]c2c1. The third-order valence-corrected chi connectivity index (χ3v) is 4.11. The summed E-state index contributed by atoms with van der Waals surface area (Å²) >= 11 is 0. The number of ether oxygens (including phenoxy) is 1. The molecule has 0 radical (unpaired) electrons. The molecule has 24 heavy (non-hydrogen) atoms. The molecule has 0 atom stereocenters. The number of nitrogens with zero attached hydrogens (tertiary/aromatic N) is 2. The fourth-order valence-corrected chi connectivity index (χ4v) is 2.91. The number of hydrogen-bond acceptors (Lipinski definition) is 3. The smallest absolute Gasteiger partial charge is 0.177 e. The zero-order chi connectivity index (χ0) is 16.8. The molecule has 0 saturated heterocycles. The van der Waals surface area contributed by atoms with Crippen LogP contribution in [0.25, 0.3) is 16.9 Å². The molecule has 2 aromatic heterocycles. The molecule has 124 valence electrons. The van der Waals surface area contributed by atoms with Crippen molar-refractivity contribution in [3.05, 3.63) is 66.2 Å². The summed E-state index contributed by atoms with van der Waals surface area (Å²) in [6, 6.07) is 2.02. The third kappa shape index (κ3) is 3.82. The lowest BCUT2D eigenvalue weighted by Gasteiger charge is -2.05. The van der Waals surface area contributed by atoms with Crippen molar-refractivity contribution in [3.8, 4) is 0 Å². The molecule has 1 N–H and O–H groups in total. The molecule has 0 amide bonds. The minimum Gasteiger partial charge on any atom is -0.496 e. The van der Waals surface area contributed by atoms with Crippen molar-refractivity contribution in [2.75, 3.05) is 7.11 Å². The number of aromatic amines is 1. The summed E-state index contributed by atoms with van der Waals surface area (Å²) in [5.74, 6) is 1.73. The second-order valence-corrected chi connectivity index (χ2v) is 5.86. The maximum absolute atomic E-state index is 5.37. The first-order valence-electron chi connectivity index (χ1n) is 8.37. The van der Waals surface area contributed by atoms with E-state index in [1.807, 2.05) is 12.1 Å². The highest BCUT2D eigenvalue weighted by Gasteiger charge is 2.08. The number of allylic oxidation sites excluding steroid dienone is 6. The summed E-state index contributed by atoms with van der Waals surface area (Å²) in [6.07, 6.45) is 17.6. The largest absolute Gasteiger partial charge is 0.496 e. The molecule has 0 bridgehead atoms. The van der Waals surface area contributed by atoms with Gasteiger partial charge in [-0.15, -0.1) is 0 Å². The van der Waals surface area contributed by atoms with E-state index in [0.717, 1.165) is 47.6 Å². The Hall–Kier alpha value is -2.62. The van der Waals surface area contributed by atoms with Gasteiger partial charge in [0.1, 0.15) is 11.6 Å². The first-order valence-corrected chi connectivity index (χ1v) is 8.37. The van der Waals surface area contributed by atoms with E-state index < -0.39 is 0 Å². The Morgan fingerprint density at radius 2 is 2.29 bits per heavy atom. The Kier molecular flexibility index (Phi) is 5.26. The van der Waals surface area contributed by atoms with Gasteiger partial charge in [-0.3, -0.25) is 0 Å². The van der Waals surface area contributed by atoms with E-state index in [1.165, 1.54) is 18.4 Å². The van der Waals surface area contributed by atoms with E-state index in [9.17, 15) is 0 Å². The van der Waals surface area contributed by atoms with Crippen LogP contribution in [0.2, 0.25) is 0 Å². The minimum atomic E-state index is 0.742. The average Bonchev–Trinajstić information content (AvgIpc) is 3.02. The van der Waals surface area contributed by atoms with Gasteiger partial charge >= 0.3 is 0 Å². The Labute approximate surface area is 142 Å². The van der Waals surface area contributed by atoms with Crippen molar-refractivity contribution >= 4 is 16.9 Å². The molecule has 2 aromatic rings. The summed E-state index contributed by atoms with van der Waals surface area (Å²) in [5.41, 5.74) is 4.04. The third-order valence-electron chi connectivity index (χ3n) is 4.11. The van der Waals surface area contributed by atoms with Crippen LogP contribution in [0.1, 0.15) is 37.1 Å². The summed E-state index contributed by atoms with van der Waals surface area (Å²) in [4.78, 5) is 12.4. The number of pyridine rings is 1. The topological polar surface area (TPSA) is 50.8 Å². The average molecular weight is 321 g/mol. The van der Waals surface area contributed by atoms with Crippen molar-refractivity contribution in [2.45, 2.75) is 32.1 Å². The van der Waals surface area contributed by atoms with E-state index in [-0.39, 0.29) is 0 Å². The highest BCUT2D eigenvalue weighted by Crippen LogP contribution is 2.20. The van der Waals surface area contributed by atoms with Crippen LogP contribution in [0.15, 0.2) is 54.8 Å². The van der Waals surface area contributed by atoms with E-state index in [2.05, 4.69) is 39.8 Å². The maximum atomic E-state index is 5.37. The Balaban J connectivity index is 1.69. The summed E-state index contributed by atoms with van der Waals surface area (Å²) in [5, 5.41) is 0. The van der Waals surface area contributed by atoms with Gasteiger partial charge in [0, 0.05) is 18.2 Å². The lowest BCUT2D eigenvalue weighted by atomic mass is 10.0. The molecule has 0 unspecified atom stereocenters. The lowest BCUT2D eigenvalue weighted by Crippen LogP contribution is -1.91. The van der Waals surface area contributed by atoms with Gasteiger partial charge < -0.3 is 9.72 Å². The highest BCUT2D eigenvalue weighted by atomic mass is 16.5. The molecule has 0 aromatic carbocycles. The molecule has 1 aliphatic carbocycles. The monoisotopic (exact) mass is 321 g/mol. The molecule has 2 heterocycles. The molecule has 0 saturated carbocycles. The van der Waals surface area contributed by atoms with Gasteiger partial charge in [-0.2, -0.15) is 0 Å². The molecule has 3 rings (SSSR count).